The fourth-order valence-electron chi connectivity index (χ4n) is 6.66. The van der Waals surface area contributed by atoms with Crippen molar-refractivity contribution in [3.8, 4) is 0 Å². The molecule has 0 aromatic heterocycles. The lowest BCUT2D eigenvalue weighted by atomic mass is 9.63. The Labute approximate surface area is 181 Å². The Balaban J connectivity index is 1.37. The molecule has 4 heteroatoms. The molecule has 3 unspecified atom stereocenters. The highest BCUT2D eigenvalue weighted by Crippen LogP contribution is 2.58. The smallest absolute Gasteiger partial charge is 0.250 e. The average molecular weight is 420 g/mol. The molecule has 1 heterocycles. The zero-order valence-electron chi connectivity index (χ0n) is 18.8. The van der Waals surface area contributed by atoms with E-state index in [1.54, 1.807) is 5.57 Å². The Bertz CT molecular complexity index is 715. The minimum atomic E-state index is -2.53. The van der Waals surface area contributed by atoms with E-state index in [1.165, 1.54) is 37.7 Å². The summed E-state index contributed by atoms with van der Waals surface area (Å²) in [5, 5.41) is 10.1. The molecular formula is C26H39F2NO. The molecule has 1 aliphatic heterocycles. The molecule has 0 bridgehead atoms. The third kappa shape index (κ3) is 4.32. The van der Waals surface area contributed by atoms with Gasteiger partial charge in [0.1, 0.15) is 0 Å². The number of likely N-dealkylation sites (tertiary alicyclic amines) is 1. The van der Waals surface area contributed by atoms with E-state index >= 15 is 0 Å². The van der Waals surface area contributed by atoms with Crippen LogP contribution in [0.3, 0.4) is 0 Å². The highest BCUT2D eigenvalue weighted by molar-refractivity contribution is 5.37. The van der Waals surface area contributed by atoms with E-state index < -0.39 is 11.8 Å². The van der Waals surface area contributed by atoms with E-state index in [0.29, 0.717) is 30.3 Å². The molecule has 0 aromatic carbocycles. The molecule has 168 valence electrons. The van der Waals surface area contributed by atoms with Gasteiger partial charge in [-0.1, -0.05) is 31.2 Å². The zero-order chi connectivity index (χ0) is 21.5. The first-order valence-electron chi connectivity index (χ1n) is 12.1. The van der Waals surface area contributed by atoms with Gasteiger partial charge in [0.15, 0.2) is 0 Å². The third-order valence-electron chi connectivity index (χ3n) is 8.87. The molecule has 3 aliphatic carbocycles. The lowest BCUT2D eigenvalue weighted by Gasteiger charge is -2.45. The van der Waals surface area contributed by atoms with Crippen molar-refractivity contribution in [2.45, 2.75) is 83.7 Å². The normalized spacial score (nSPS) is 38.8. The maximum Gasteiger partial charge on any atom is 0.250 e. The minimum absolute atomic E-state index is 0.352. The number of aliphatic hydroxyl groups excluding tert-OH is 1. The number of nitrogens with zero attached hydrogens (tertiary/aromatic N) is 1. The quantitative estimate of drug-likeness (QED) is 0.579. The number of alkyl halides is 2. The maximum absolute atomic E-state index is 13.4. The van der Waals surface area contributed by atoms with Crippen molar-refractivity contribution in [3.05, 3.63) is 35.5 Å². The van der Waals surface area contributed by atoms with E-state index in [-0.39, 0.29) is 6.10 Å². The number of fused-ring (bicyclic) bond motifs is 1. The second kappa shape index (κ2) is 8.50. The van der Waals surface area contributed by atoms with Crippen molar-refractivity contribution in [2.75, 3.05) is 19.6 Å². The van der Waals surface area contributed by atoms with Crippen LogP contribution in [0.25, 0.3) is 0 Å². The molecule has 4 fully saturated rings. The Morgan fingerprint density at radius 3 is 2.67 bits per heavy atom. The zero-order valence-corrected chi connectivity index (χ0v) is 18.8. The molecule has 0 aromatic rings. The fraction of sp³-hybridized carbons (Fsp3) is 0.769. The van der Waals surface area contributed by atoms with Crippen LogP contribution in [0.4, 0.5) is 8.78 Å². The van der Waals surface area contributed by atoms with Crippen LogP contribution in [0.5, 0.6) is 0 Å². The van der Waals surface area contributed by atoms with Gasteiger partial charge < -0.3 is 10.0 Å². The Kier molecular flexibility index (Phi) is 6.29. The number of rotatable bonds is 5. The lowest BCUT2D eigenvalue weighted by Crippen LogP contribution is -2.54. The number of hydrogen-bond acceptors (Lipinski definition) is 2. The van der Waals surface area contributed by atoms with E-state index in [2.05, 4.69) is 30.6 Å². The molecule has 0 amide bonds. The molecule has 4 rings (SSSR count). The summed E-state index contributed by atoms with van der Waals surface area (Å²) in [5.41, 5.74) is 4.07. The summed E-state index contributed by atoms with van der Waals surface area (Å²) >= 11 is 0. The van der Waals surface area contributed by atoms with E-state index in [9.17, 15) is 13.9 Å². The van der Waals surface area contributed by atoms with Crippen molar-refractivity contribution in [3.63, 3.8) is 0 Å². The van der Waals surface area contributed by atoms with Crippen LogP contribution in [0.2, 0.25) is 0 Å². The van der Waals surface area contributed by atoms with Gasteiger partial charge in [0.05, 0.1) is 6.10 Å². The van der Waals surface area contributed by atoms with Crippen LogP contribution in [-0.2, 0) is 0 Å². The third-order valence-corrected chi connectivity index (χ3v) is 8.87. The monoisotopic (exact) mass is 419 g/mol. The Morgan fingerprint density at radius 2 is 1.93 bits per heavy atom. The summed E-state index contributed by atoms with van der Waals surface area (Å²) in [6.07, 6.45) is 14.5. The topological polar surface area (TPSA) is 23.5 Å². The Hall–Kier alpha value is -1.00. The molecule has 30 heavy (non-hydrogen) atoms. The summed E-state index contributed by atoms with van der Waals surface area (Å²) in [4.78, 5) is 2.22. The van der Waals surface area contributed by atoms with Crippen LogP contribution in [0, 0.1) is 23.2 Å². The summed E-state index contributed by atoms with van der Waals surface area (Å²) in [7, 11) is 0. The SMILES string of the molecule is C=C1/C(=C\C=C2/CCCC3(C)C2CC[C@@H]3CCN2CC(C(C)(F)F)C2)CCCC1O. The maximum atomic E-state index is 13.4. The first kappa shape index (κ1) is 22.2. The average Bonchev–Trinajstić information content (AvgIpc) is 2.97. The van der Waals surface area contributed by atoms with Gasteiger partial charge in [-0.2, -0.15) is 0 Å². The van der Waals surface area contributed by atoms with Crippen molar-refractivity contribution in [1.29, 1.82) is 0 Å². The van der Waals surface area contributed by atoms with Crippen LogP contribution < -0.4 is 0 Å². The van der Waals surface area contributed by atoms with Gasteiger partial charge >= 0.3 is 0 Å². The van der Waals surface area contributed by atoms with Crippen molar-refractivity contribution in [2.24, 2.45) is 23.2 Å². The second-order valence-electron chi connectivity index (χ2n) is 10.8. The molecule has 0 spiro atoms. The molecule has 2 nitrogen and oxygen atoms in total. The molecule has 3 saturated carbocycles. The molecule has 1 saturated heterocycles. The van der Waals surface area contributed by atoms with Crippen LogP contribution in [-0.4, -0.2) is 41.7 Å². The van der Waals surface area contributed by atoms with Crippen LogP contribution in [0.1, 0.15) is 71.6 Å². The molecular weight excluding hydrogens is 380 g/mol. The molecule has 4 atom stereocenters. The fourth-order valence-corrected chi connectivity index (χ4v) is 6.66. The number of allylic oxidation sites excluding steroid dienone is 3. The van der Waals surface area contributed by atoms with Gasteiger partial charge in [-0.05, 0) is 99.7 Å². The summed E-state index contributed by atoms with van der Waals surface area (Å²) in [6.45, 7) is 9.75. The number of hydrogen-bond donors (Lipinski definition) is 1. The van der Waals surface area contributed by atoms with Gasteiger partial charge in [-0.15, -0.1) is 0 Å². The van der Waals surface area contributed by atoms with Crippen molar-refractivity contribution in [1.82, 2.24) is 4.90 Å². The second-order valence-corrected chi connectivity index (χ2v) is 10.8. The van der Waals surface area contributed by atoms with Gasteiger partial charge in [0.25, 0.3) is 5.92 Å². The predicted octanol–water partition coefficient (Wildman–Crippen LogP) is 6.13. The summed E-state index contributed by atoms with van der Waals surface area (Å²) in [5.74, 6) is -1.63. The van der Waals surface area contributed by atoms with Crippen LogP contribution >= 0.6 is 0 Å². The van der Waals surface area contributed by atoms with E-state index in [0.717, 1.165) is 44.7 Å². The molecule has 1 N–H and O–H groups in total. The van der Waals surface area contributed by atoms with Gasteiger partial charge in [0.2, 0.25) is 0 Å². The standard InChI is InChI=1S/C26H39F2NO/c1-18-19(6-4-8-24(18)30)9-10-20-7-5-14-25(2)21(11-12-23(20)25)13-15-29-16-22(17-29)26(3,27)28/h9-10,21-24,30H,1,4-8,11-17H2,2-3H3/b19-9-,20-10+/t21-,23?,24?,25?/m1/s1. The Morgan fingerprint density at radius 1 is 1.17 bits per heavy atom. The van der Waals surface area contributed by atoms with Crippen molar-refractivity contribution >= 4 is 0 Å². The van der Waals surface area contributed by atoms with Gasteiger partial charge in [-0.25, -0.2) is 8.78 Å². The highest BCUT2D eigenvalue weighted by atomic mass is 19.3. The van der Waals surface area contributed by atoms with E-state index in [4.69, 9.17) is 0 Å². The van der Waals surface area contributed by atoms with Crippen molar-refractivity contribution < 1.29 is 13.9 Å². The minimum Gasteiger partial charge on any atom is -0.388 e. The molecule has 4 aliphatic rings. The predicted molar refractivity (Wildman–Crippen MR) is 119 cm³/mol. The number of aliphatic hydroxyl groups is 1. The summed E-state index contributed by atoms with van der Waals surface area (Å²) in [6, 6.07) is 0. The first-order valence-corrected chi connectivity index (χ1v) is 12.1. The van der Waals surface area contributed by atoms with E-state index in [1.807, 2.05) is 0 Å². The largest absolute Gasteiger partial charge is 0.388 e. The first-order chi connectivity index (χ1) is 14.2. The highest BCUT2D eigenvalue weighted by Gasteiger charge is 2.49. The van der Waals surface area contributed by atoms with Crippen LogP contribution in [0.15, 0.2) is 35.5 Å². The molecule has 0 radical (unpaired) electrons. The van der Waals surface area contributed by atoms with Gasteiger partial charge in [0, 0.05) is 19.0 Å². The lowest BCUT2D eigenvalue weighted by molar-refractivity contribution is -0.105. The number of halogens is 2. The summed E-state index contributed by atoms with van der Waals surface area (Å²) < 4.78 is 26.8. The van der Waals surface area contributed by atoms with Gasteiger partial charge in [-0.3, -0.25) is 0 Å².